The minimum Gasteiger partial charge on any atom is -0.481 e. The fourth-order valence-electron chi connectivity index (χ4n) is 2.97. The Hall–Kier alpha value is -1.79. The number of carboxylic acid groups (broad SMARTS) is 1. The Morgan fingerprint density at radius 3 is 2.29 bits per heavy atom. The second-order valence-corrected chi connectivity index (χ2v) is 7.12. The van der Waals surface area contributed by atoms with Crippen molar-refractivity contribution in [3.63, 3.8) is 0 Å². The quantitative estimate of drug-likeness (QED) is 0.850. The van der Waals surface area contributed by atoms with E-state index in [0.717, 1.165) is 49.2 Å². The van der Waals surface area contributed by atoms with E-state index in [1.165, 1.54) is 11.1 Å². The molecule has 0 amide bonds. The molecule has 1 saturated heterocycles. The molecule has 1 aliphatic rings. The van der Waals surface area contributed by atoms with Crippen LogP contribution in [0.4, 0.5) is 0 Å². The first-order valence-corrected chi connectivity index (χ1v) is 8.89. The molecule has 3 rings (SSSR count). The van der Waals surface area contributed by atoms with E-state index in [9.17, 15) is 4.79 Å². The van der Waals surface area contributed by atoms with Crippen LogP contribution in [0.1, 0.15) is 29.8 Å². The average molecular weight is 390 g/mol. The summed E-state index contributed by atoms with van der Waals surface area (Å²) in [6.07, 6.45) is 5.73. The maximum Gasteiger partial charge on any atom is 0.306 e. The van der Waals surface area contributed by atoms with Crippen LogP contribution in [-0.2, 0) is 17.8 Å². The van der Waals surface area contributed by atoms with E-state index >= 15 is 0 Å². The van der Waals surface area contributed by atoms with Crippen LogP contribution in [0.15, 0.2) is 41.1 Å². The summed E-state index contributed by atoms with van der Waals surface area (Å²) in [6.45, 7) is 2.58. The van der Waals surface area contributed by atoms with Gasteiger partial charge in [-0.2, -0.15) is 0 Å². The molecule has 0 saturated carbocycles. The van der Waals surface area contributed by atoms with Crippen LogP contribution in [0.2, 0.25) is 0 Å². The molecule has 6 heteroatoms. The van der Waals surface area contributed by atoms with Crippen molar-refractivity contribution in [1.29, 1.82) is 0 Å². The third-order valence-electron chi connectivity index (χ3n) is 4.40. The van der Waals surface area contributed by atoms with Crippen molar-refractivity contribution >= 4 is 21.9 Å². The van der Waals surface area contributed by atoms with Gasteiger partial charge in [0.2, 0.25) is 0 Å². The molecular weight excluding hydrogens is 370 g/mol. The van der Waals surface area contributed by atoms with E-state index in [1.807, 2.05) is 0 Å². The molecule has 0 bridgehead atoms. The van der Waals surface area contributed by atoms with Crippen LogP contribution in [0.3, 0.4) is 0 Å². The van der Waals surface area contributed by atoms with Crippen molar-refractivity contribution in [2.45, 2.75) is 25.8 Å². The Morgan fingerprint density at radius 1 is 1.12 bits per heavy atom. The first-order chi connectivity index (χ1) is 11.6. The fourth-order valence-corrected chi connectivity index (χ4v) is 3.18. The zero-order chi connectivity index (χ0) is 16.9. The van der Waals surface area contributed by atoms with Crippen molar-refractivity contribution in [3.8, 4) is 0 Å². The summed E-state index contributed by atoms with van der Waals surface area (Å²) in [4.78, 5) is 21.9. The number of piperidine rings is 1. The molecule has 1 fully saturated rings. The number of aromatic nitrogens is 2. The highest BCUT2D eigenvalue weighted by Crippen LogP contribution is 2.19. The highest BCUT2D eigenvalue weighted by Gasteiger charge is 2.24. The summed E-state index contributed by atoms with van der Waals surface area (Å²) < 4.78 is 0.883. The van der Waals surface area contributed by atoms with Gasteiger partial charge < -0.3 is 5.11 Å². The molecule has 1 N–H and O–H groups in total. The van der Waals surface area contributed by atoms with E-state index < -0.39 is 5.97 Å². The molecule has 1 aliphatic heterocycles. The molecule has 1 aromatic carbocycles. The van der Waals surface area contributed by atoms with Gasteiger partial charge in [0.05, 0.1) is 10.4 Å². The minimum atomic E-state index is -0.658. The van der Waals surface area contributed by atoms with E-state index in [4.69, 9.17) is 5.11 Å². The standard InChI is InChI=1S/C18H20BrN3O2/c19-16-10-20-17(21-11-16)9-13-1-3-14(4-2-13)12-22-7-5-15(6-8-22)18(23)24/h1-4,10-11,15H,5-9,12H2,(H,23,24). The summed E-state index contributed by atoms with van der Waals surface area (Å²) in [6, 6.07) is 8.50. The van der Waals surface area contributed by atoms with Gasteiger partial charge in [0.1, 0.15) is 5.82 Å². The molecule has 0 atom stereocenters. The maximum atomic E-state index is 11.0. The number of benzene rings is 1. The fraction of sp³-hybridized carbons (Fsp3) is 0.389. The Kier molecular flexibility index (Phi) is 5.58. The Labute approximate surface area is 149 Å². The van der Waals surface area contributed by atoms with Gasteiger partial charge in [-0.3, -0.25) is 9.69 Å². The third kappa shape index (κ3) is 4.61. The van der Waals surface area contributed by atoms with E-state index in [0.29, 0.717) is 0 Å². The molecular formula is C18H20BrN3O2. The van der Waals surface area contributed by atoms with Crippen LogP contribution in [0, 0.1) is 5.92 Å². The van der Waals surface area contributed by atoms with E-state index in [-0.39, 0.29) is 5.92 Å². The maximum absolute atomic E-state index is 11.0. The number of halogens is 1. The smallest absolute Gasteiger partial charge is 0.306 e. The van der Waals surface area contributed by atoms with Crippen molar-refractivity contribution < 1.29 is 9.90 Å². The molecule has 0 spiro atoms. The van der Waals surface area contributed by atoms with Crippen LogP contribution in [0.5, 0.6) is 0 Å². The lowest BCUT2D eigenvalue weighted by Gasteiger charge is -2.30. The molecule has 2 heterocycles. The predicted octanol–water partition coefficient (Wildman–Crippen LogP) is 3.13. The summed E-state index contributed by atoms with van der Waals surface area (Å²) in [5, 5.41) is 9.05. The van der Waals surface area contributed by atoms with Crippen LogP contribution < -0.4 is 0 Å². The zero-order valence-corrected chi connectivity index (χ0v) is 14.9. The number of rotatable bonds is 5. The molecule has 1 aromatic heterocycles. The third-order valence-corrected chi connectivity index (χ3v) is 4.81. The van der Waals surface area contributed by atoms with Gasteiger partial charge in [-0.05, 0) is 53.0 Å². The van der Waals surface area contributed by atoms with Gasteiger partial charge in [-0.1, -0.05) is 24.3 Å². The molecule has 2 aromatic rings. The van der Waals surface area contributed by atoms with Crippen LogP contribution in [0.25, 0.3) is 0 Å². The minimum absolute atomic E-state index is 0.172. The van der Waals surface area contributed by atoms with Crippen LogP contribution in [-0.4, -0.2) is 39.0 Å². The second-order valence-electron chi connectivity index (χ2n) is 6.20. The number of likely N-dealkylation sites (tertiary alicyclic amines) is 1. The molecule has 0 aliphatic carbocycles. The topological polar surface area (TPSA) is 66.3 Å². The lowest BCUT2D eigenvalue weighted by molar-refractivity contribution is -0.143. The van der Waals surface area contributed by atoms with Crippen molar-refractivity contribution in [2.75, 3.05) is 13.1 Å². The summed E-state index contributed by atoms with van der Waals surface area (Å²) >= 11 is 3.34. The van der Waals surface area contributed by atoms with Gasteiger partial charge in [0.25, 0.3) is 0 Å². The zero-order valence-electron chi connectivity index (χ0n) is 13.4. The van der Waals surface area contributed by atoms with E-state index in [1.54, 1.807) is 12.4 Å². The predicted molar refractivity (Wildman–Crippen MR) is 94.6 cm³/mol. The van der Waals surface area contributed by atoms with Crippen molar-refractivity contribution in [2.24, 2.45) is 5.92 Å². The average Bonchev–Trinajstić information content (AvgIpc) is 2.59. The van der Waals surface area contributed by atoms with E-state index in [2.05, 4.69) is 55.1 Å². The second kappa shape index (κ2) is 7.85. The van der Waals surface area contributed by atoms with Gasteiger partial charge in [0, 0.05) is 25.4 Å². The Balaban J connectivity index is 1.53. The number of carboxylic acids is 1. The molecule has 5 nitrogen and oxygen atoms in total. The van der Waals surface area contributed by atoms with Gasteiger partial charge in [0.15, 0.2) is 0 Å². The normalized spacial score (nSPS) is 16.2. The van der Waals surface area contributed by atoms with Gasteiger partial charge >= 0.3 is 5.97 Å². The first kappa shape index (κ1) is 17.0. The van der Waals surface area contributed by atoms with Crippen molar-refractivity contribution in [3.05, 3.63) is 58.1 Å². The van der Waals surface area contributed by atoms with Crippen LogP contribution >= 0.6 is 15.9 Å². The molecule has 126 valence electrons. The Bertz CT molecular complexity index is 680. The largest absolute Gasteiger partial charge is 0.481 e. The highest BCUT2D eigenvalue weighted by molar-refractivity contribution is 9.10. The summed E-state index contributed by atoms with van der Waals surface area (Å²) in [5.74, 6) is -0.0228. The highest BCUT2D eigenvalue weighted by atomic mass is 79.9. The summed E-state index contributed by atoms with van der Waals surface area (Å²) in [5.41, 5.74) is 2.44. The van der Waals surface area contributed by atoms with Gasteiger partial charge in [-0.15, -0.1) is 0 Å². The lowest BCUT2D eigenvalue weighted by atomic mass is 9.96. The first-order valence-electron chi connectivity index (χ1n) is 8.09. The monoisotopic (exact) mass is 389 g/mol. The van der Waals surface area contributed by atoms with Gasteiger partial charge in [-0.25, -0.2) is 9.97 Å². The Morgan fingerprint density at radius 2 is 1.71 bits per heavy atom. The SMILES string of the molecule is O=C(O)C1CCN(Cc2ccc(Cc3ncc(Br)cn3)cc2)CC1. The van der Waals surface area contributed by atoms with Crippen molar-refractivity contribution in [1.82, 2.24) is 14.9 Å². The number of hydrogen-bond acceptors (Lipinski definition) is 4. The molecule has 0 unspecified atom stereocenters. The number of carbonyl (C=O) groups is 1. The number of hydrogen-bond donors (Lipinski definition) is 1. The lowest BCUT2D eigenvalue weighted by Crippen LogP contribution is -2.35. The molecule has 24 heavy (non-hydrogen) atoms. The number of aliphatic carboxylic acids is 1. The number of nitrogens with zero attached hydrogens (tertiary/aromatic N) is 3. The molecule has 0 radical (unpaired) electrons. The summed E-state index contributed by atoms with van der Waals surface area (Å²) in [7, 11) is 0.